The summed E-state index contributed by atoms with van der Waals surface area (Å²) in [6, 6.07) is 14.5. The molecule has 0 saturated heterocycles. The number of rotatable bonds is 5. The minimum Gasteiger partial charge on any atom is -0.507 e. The van der Waals surface area contributed by atoms with Gasteiger partial charge in [-0.1, -0.05) is 5.04 Å². The van der Waals surface area contributed by atoms with Crippen LogP contribution in [0.3, 0.4) is 0 Å². The molecule has 0 aliphatic carbocycles. The molecular formula is C17H14N4O4S. The number of hydrazine groups is 1. The highest BCUT2D eigenvalue weighted by Gasteiger charge is 2.12. The molecule has 0 saturated carbocycles. The molecule has 0 aliphatic rings. The Hall–Kier alpha value is -2.82. The lowest BCUT2D eigenvalue weighted by Gasteiger charge is -2.05. The first kappa shape index (κ1) is 16.6. The number of fused-ring (bicyclic) bond motifs is 3. The Kier molecular flexibility index (Phi) is 4.37. The van der Waals surface area contributed by atoms with Crippen LogP contribution < -0.4 is 11.3 Å². The van der Waals surface area contributed by atoms with Gasteiger partial charge in [-0.15, -0.1) is 4.33 Å². The van der Waals surface area contributed by atoms with Gasteiger partial charge in [-0.05, 0) is 48.5 Å². The molecule has 0 aliphatic heterocycles. The Balaban J connectivity index is 1.85. The molecule has 9 heteroatoms. The van der Waals surface area contributed by atoms with Crippen LogP contribution >= 0.6 is 12.0 Å². The summed E-state index contributed by atoms with van der Waals surface area (Å²) in [4.78, 5) is 8.51. The van der Waals surface area contributed by atoms with Crippen LogP contribution in [0.4, 0.5) is 5.69 Å². The maximum atomic E-state index is 10.3. The van der Waals surface area contributed by atoms with Crippen LogP contribution in [0, 0.1) is 0 Å². The number of aromatic hydroxyl groups is 1. The number of hydrogen-bond donors (Lipinski definition) is 5. The van der Waals surface area contributed by atoms with Crippen LogP contribution in [0.1, 0.15) is 0 Å². The highest BCUT2D eigenvalue weighted by molar-refractivity contribution is 7.94. The molecular weight excluding hydrogens is 356 g/mol. The van der Waals surface area contributed by atoms with Crippen molar-refractivity contribution in [1.82, 2.24) is 9.97 Å². The molecule has 26 heavy (non-hydrogen) atoms. The van der Waals surface area contributed by atoms with E-state index in [0.29, 0.717) is 21.6 Å². The summed E-state index contributed by atoms with van der Waals surface area (Å²) in [5.41, 5.74) is 5.82. The number of aromatic nitrogens is 2. The van der Waals surface area contributed by atoms with Gasteiger partial charge in [0.05, 0.1) is 23.1 Å². The Bertz CT molecular complexity index is 1080. The second-order valence-electron chi connectivity index (χ2n) is 5.53. The lowest BCUT2D eigenvalue weighted by molar-refractivity contribution is -0.432. The number of aromatic amines is 1. The van der Waals surface area contributed by atoms with Gasteiger partial charge in [0, 0.05) is 26.9 Å². The van der Waals surface area contributed by atoms with Crippen LogP contribution in [0.2, 0.25) is 0 Å². The van der Waals surface area contributed by atoms with Crippen molar-refractivity contribution in [2.75, 3.05) is 5.43 Å². The number of nitrogen functional groups attached to an aromatic ring is 1. The van der Waals surface area contributed by atoms with Gasteiger partial charge in [-0.2, -0.15) is 0 Å². The first-order valence-corrected chi connectivity index (χ1v) is 8.31. The Morgan fingerprint density at radius 2 is 1.88 bits per heavy atom. The largest absolute Gasteiger partial charge is 0.507 e. The topological polar surface area (TPSA) is 126 Å². The zero-order chi connectivity index (χ0) is 18.1. The predicted octanol–water partition coefficient (Wildman–Crippen LogP) is 3.80. The fraction of sp³-hybridized carbons (Fsp3) is 0. The number of H-pyrrole nitrogens is 1. The smallest absolute Gasteiger partial charge is 0.138 e. The summed E-state index contributed by atoms with van der Waals surface area (Å²) >= 11 is 0.776. The van der Waals surface area contributed by atoms with Crippen LogP contribution in [-0.4, -0.2) is 20.3 Å². The third-order valence-corrected chi connectivity index (χ3v) is 4.58. The van der Waals surface area contributed by atoms with Crippen molar-refractivity contribution in [3.8, 4) is 17.1 Å². The number of benzene rings is 3. The molecule has 3 aromatic carbocycles. The van der Waals surface area contributed by atoms with E-state index < -0.39 is 0 Å². The van der Waals surface area contributed by atoms with Gasteiger partial charge in [0.2, 0.25) is 0 Å². The molecule has 4 rings (SSSR count). The maximum Gasteiger partial charge on any atom is 0.138 e. The number of anilines is 1. The van der Waals surface area contributed by atoms with Gasteiger partial charge in [-0.25, -0.2) is 10.2 Å². The van der Waals surface area contributed by atoms with Crippen molar-refractivity contribution in [2.24, 2.45) is 5.84 Å². The molecule has 4 aromatic rings. The van der Waals surface area contributed by atoms with Crippen LogP contribution in [-0.2, 0) is 9.37 Å². The quantitative estimate of drug-likeness (QED) is 0.155. The van der Waals surface area contributed by atoms with Crippen LogP contribution in [0.5, 0.6) is 5.75 Å². The van der Waals surface area contributed by atoms with Gasteiger partial charge >= 0.3 is 0 Å². The summed E-state index contributed by atoms with van der Waals surface area (Å²) in [6.45, 7) is 0. The average molecular weight is 370 g/mol. The summed E-state index contributed by atoms with van der Waals surface area (Å²) in [6.07, 6.45) is 0. The SMILES string of the molecule is NNc1ccc(-c2nc3c(ccc4c(O)cc(SOOO)cc43)[nH]2)cc1. The molecule has 0 spiro atoms. The fourth-order valence-electron chi connectivity index (χ4n) is 2.83. The summed E-state index contributed by atoms with van der Waals surface area (Å²) in [5.74, 6) is 6.17. The predicted molar refractivity (Wildman–Crippen MR) is 99.2 cm³/mol. The van der Waals surface area contributed by atoms with E-state index in [1.54, 1.807) is 6.07 Å². The van der Waals surface area contributed by atoms with Crippen molar-refractivity contribution in [2.45, 2.75) is 4.90 Å². The number of phenolic OH excluding ortho intramolecular Hbond substituents is 1. The average Bonchev–Trinajstić information content (AvgIpc) is 3.11. The number of imidazole rings is 1. The highest BCUT2D eigenvalue weighted by Crippen LogP contribution is 2.36. The van der Waals surface area contributed by atoms with Crippen molar-refractivity contribution in [3.63, 3.8) is 0 Å². The van der Waals surface area contributed by atoms with E-state index in [1.807, 2.05) is 36.4 Å². The molecule has 1 heterocycles. The minimum atomic E-state index is 0.0800. The summed E-state index contributed by atoms with van der Waals surface area (Å²) in [7, 11) is 0. The molecule has 0 radical (unpaired) electrons. The van der Waals surface area contributed by atoms with Crippen molar-refractivity contribution >= 4 is 39.5 Å². The monoisotopic (exact) mass is 370 g/mol. The Morgan fingerprint density at radius 1 is 1.08 bits per heavy atom. The lowest BCUT2D eigenvalue weighted by atomic mass is 10.1. The van der Waals surface area contributed by atoms with Crippen LogP contribution in [0.15, 0.2) is 53.4 Å². The third kappa shape index (κ3) is 2.94. The van der Waals surface area contributed by atoms with Crippen LogP contribution in [0.25, 0.3) is 33.2 Å². The molecule has 8 nitrogen and oxygen atoms in total. The highest BCUT2D eigenvalue weighted by atomic mass is 32.2. The van der Waals surface area contributed by atoms with E-state index in [1.165, 1.54) is 6.07 Å². The standard InChI is InChI=1S/C17H14N4O4S/c18-21-10-3-1-9(2-4-10)17-19-14-6-5-12-13(16(14)20-17)7-11(8-15(12)22)26-25-24-23/h1-8,21-23H,18H2,(H,19,20). The summed E-state index contributed by atoms with van der Waals surface area (Å²) < 4.78 is 4.45. The summed E-state index contributed by atoms with van der Waals surface area (Å²) in [5, 5.41) is 23.6. The zero-order valence-electron chi connectivity index (χ0n) is 13.3. The molecule has 0 bridgehead atoms. The number of hydrogen-bond acceptors (Lipinski definition) is 8. The minimum absolute atomic E-state index is 0.0800. The van der Waals surface area contributed by atoms with Gasteiger partial charge in [0.25, 0.3) is 0 Å². The van der Waals surface area contributed by atoms with Gasteiger partial charge in [-0.3, -0.25) is 5.84 Å². The maximum absolute atomic E-state index is 10.3. The van der Waals surface area contributed by atoms with Gasteiger partial charge in [0.15, 0.2) is 0 Å². The first-order valence-electron chi connectivity index (χ1n) is 7.57. The Labute approximate surface area is 151 Å². The number of nitrogens with one attached hydrogen (secondary N) is 2. The van der Waals surface area contributed by atoms with E-state index in [2.05, 4.69) is 24.8 Å². The number of nitrogens with zero attached hydrogens (tertiary/aromatic N) is 1. The van der Waals surface area contributed by atoms with E-state index in [9.17, 15) is 5.11 Å². The zero-order valence-corrected chi connectivity index (χ0v) is 14.1. The second kappa shape index (κ2) is 6.83. The van der Waals surface area contributed by atoms with Crippen molar-refractivity contribution in [1.29, 1.82) is 0 Å². The van der Waals surface area contributed by atoms with E-state index >= 15 is 0 Å². The molecule has 0 fully saturated rings. The van der Waals surface area contributed by atoms with Crippen molar-refractivity contribution in [3.05, 3.63) is 48.5 Å². The fourth-order valence-corrected chi connectivity index (χ4v) is 3.26. The molecule has 0 atom stereocenters. The normalized spacial score (nSPS) is 11.3. The first-order chi connectivity index (χ1) is 12.7. The van der Waals surface area contributed by atoms with Crippen molar-refractivity contribution < 1.29 is 19.7 Å². The van der Waals surface area contributed by atoms with E-state index in [-0.39, 0.29) is 5.75 Å². The second-order valence-corrected chi connectivity index (χ2v) is 6.31. The van der Waals surface area contributed by atoms with Gasteiger partial charge < -0.3 is 15.5 Å². The molecule has 1 aromatic heterocycles. The third-order valence-electron chi connectivity index (χ3n) is 4.02. The molecule has 132 valence electrons. The van der Waals surface area contributed by atoms with Gasteiger partial charge in [0.1, 0.15) is 11.6 Å². The van der Waals surface area contributed by atoms with E-state index in [0.717, 1.165) is 34.2 Å². The lowest BCUT2D eigenvalue weighted by Crippen LogP contribution is -2.05. The molecule has 6 N–H and O–H groups in total. The number of nitrogens with two attached hydrogens (primary N) is 1. The van der Waals surface area contributed by atoms with E-state index in [4.69, 9.17) is 11.1 Å². The molecule has 0 amide bonds. The molecule has 0 unspecified atom stereocenters. The number of phenols is 1. The Morgan fingerprint density at radius 3 is 2.62 bits per heavy atom.